The largest absolute Gasteiger partial charge is 0.463 e. The van der Waals surface area contributed by atoms with Crippen LogP contribution >= 0.6 is 0 Å². The van der Waals surface area contributed by atoms with Gasteiger partial charge in [0, 0.05) is 6.54 Å². The Kier molecular flexibility index (Phi) is 7.57. The molecule has 1 atom stereocenters. The highest BCUT2D eigenvalue weighted by Crippen LogP contribution is 1.99. The number of hydrogen-bond donors (Lipinski definition) is 3. The third-order valence-electron chi connectivity index (χ3n) is 1.63. The van der Waals surface area contributed by atoms with Gasteiger partial charge >= 0.3 is 5.97 Å². The van der Waals surface area contributed by atoms with Crippen LogP contribution in [0.25, 0.3) is 0 Å². The molecule has 5 heteroatoms. The summed E-state index contributed by atoms with van der Waals surface area (Å²) in [6, 6.07) is -0.530. The first kappa shape index (κ1) is 12.3. The zero-order valence-corrected chi connectivity index (χ0v) is 7.87. The molecule has 0 bridgehead atoms. The van der Waals surface area contributed by atoms with E-state index in [0.29, 0.717) is 19.5 Å². The highest BCUT2D eigenvalue weighted by Gasteiger charge is 2.13. The Morgan fingerprint density at radius 2 is 1.92 bits per heavy atom. The number of esters is 1. The molecule has 5 nitrogen and oxygen atoms in total. The Bertz CT molecular complexity index is 141. The number of carbonyl (C=O) groups excluding carboxylic acids is 1. The van der Waals surface area contributed by atoms with Gasteiger partial charge < -0.3 is 21.9 Å². The Balaban J connectivity index is 3.45. The van der Waals surface area contributed by atoms with Gasteiger partial charge in [0.15, 0.2) is 0 Å². The van der Waals surface area contributed by atoms with Gasteiger partial charge in [-0.1, -0.05) is 6.42 Å². The molecule has 0 fully saturated rings. The van der Waals surface area contributed by atoms with Crippen LogP contribution in [0.1, 0.15) is 19.3 Å². The van der Waals surface area contributed by atoms with Crippen LogP contribution in [0.2, 0.25) is 0 Å². The van der Waals surface area contributed by atoms with E-state index in [0.717, 1.165) is 12.8 Å². The molecule has 0 heterocycles. The van der Waals surface area contributed by atoms with Crippen molar-refractivity contribution in [3.05, 3.63) is 0 Å². The molecule has 0 spiro atoms. The maximum absolute atomic E-state index is 11.1. The van der Waals surface area contributed by atoms with Gasteiger partial charge in [0.25, 0.3) is 0 Å². The molecule has 0 aromatic rings. The smallest absolute Gasteiger partial charge is 0.322 e. The molecule has 0 aromatic carbocycles. The minimum absolute atomic E-state index is 0.240. The fourth-order valence-corrected chi connectivity index (χ4v) is 0.893. The van der Waals surface area contributed by atoms with Crippen molar-refractivity contribution in [2.24, 2.45) is 17.2 Å². The predicted octanol–water partition coefficient (Wildman–Crippen LogP) is -1.06. The van der Waals surface area contributed by atoms with Crippen LogP contribution in [-0.2, 0) is 9.53 Å². The van der Waals surface area contributed by atoms with E-state index in [1.54, 1.807) is 0 Å². The molecule has 6 N–H and O–H groups in total. The molecular weight excluding hydrogens is 170 g/mol. The van der Waals surface area contributed by atoms with Gasteiger partial charge in [-0.2, -0.15) is 0 Å². The first-order chi connectivity index (χ1) is 6.22. The predicted molar refractivity (Wildman–Crippen MR) is 50.9 cm³/mol. The number of carbonyl (C=O) groups is 1. The molecule has 78 valence electrons. The van der Waals surface area contributed by atoms with E-state index >= 15 is 0 Å². The number of nitrogens with two attached hydrogens (primary N) is 3. The second-order valence-corrected chi connectivity index (χ2v) is 2.85. The lowest BCUT2D eigenvalue weighted by molar-refractivity contribution is -0.145. The van der Waals surface area contributed by atoms with Crippen molar-refractivity contribution < 1.29 is 9.53 Å². The molecule has 0 saturated heterocycles. The normalized spacial score (nSPS) is 12.5. The van der Waals surface area contributed by atoms with E-state index < -0.39 is 6.04 Å². The van der Waals surface area contributed by atoms with Crippen LogP contribution in [0, 0.1) is 0 Å². The Labute approximate surface area is 78.6 Å². The van der Waals surface area contributed by atoms with Gasteiger partial charge in [-0.25, -0.2) is 0 Å². The summed E-state index contributed by atoms with van der Waals surface area (Å²) in [6.07, 6.45) is 2.37. The molecule has 0 aromatic heterocycles. The van der Waals surface area contributed by atoms with Crippen molar-refractivity contribution in [3.8, 4) is 0 Å². The molecule has 1 unspecified atom stereocenters. The van der Waals surface area contributed by atoms with Crippen molar-refractivity contribution in [2.45, 2.75) is 25.3 Å². The summed E-state index contributed by atoms with van der Waals surface area (Å²) in [4.78, 5) is 11.1. The SMILES string of the molecule is NCCCCC(N)C(=O)OCCN. The molecule has 13 heavy (non-hydrogen) atoms. The molecule has 0 aliphatic heterocycles. The number of ether oxygens (including phenoxy) is 1. The first-order valence-corrected chi connectivity index (χ1v) is 4.54. The van der Waals surface area contributed by atoms with Crippen LogP contribution in [-0.4, -0.2) is 31.7 Å². The van der Waals surface area contributed by atoms with Gasteiger partial charge in [-0.15, -0.1) is 0 Å². The number of hydrogen-bond acceptors (Lipinski definition) is 5. The summed E-state index contributed by atoms with van der Waals surface area (Å²) in [7, 11) is 0. The topological polar surface area (TPSA) is 104 Å². The number of unbranched alkanes of at least 4 members (excludes halogenated alkanes) is 1. The van der Waals surface area contributed by atoms with E-state index in [-0.39, 0.29) is 12.6 Å². The van der Waals surface area contributed by atoms with E-state index in [1.807, 2.05) is 0 Å². The van der Waals surface area contributed by atoms with Gasteiger partial charge in [-0.3, -0.25) is 4.79 Å². The summed E-state index contributed by atoms with van der Waals surface area (Å²) < 4.78 is 4.76. The molecule has 0 radical (unpaired) electrons. The van der Waals surface area contributed by atoms with E-state index in [2.05, 4.69) is 0 Å². The molecule has 0 saturated carbocycles. The minimum Gasteiger partial charge on any atom is -0.463 e. The van der Waals surface area contributed by atoms with Gasteiger partial charge in [0.05, 0.1) is 0 Å². The highest BCUT2D eigenvalue weighted by atomic mass is 16.5. The molecular formula is C8H19N3O2. The van der Waals surface area contributed by atoms with Crippen LogP contribution in [0.5, 0.6) is 0 Å². The quantitative estimate of drug-likeness (QED) is 0.350. The Morgan fingerprint density at radius 3 is 2.46 bits per heavy atom. The van der Waals surface area contributed by atoms with Crippen LogP contribution in [0.4, 0.5) is 0 Å². The summed E-state index contributed by atoms with van der Waals surface area (Å²) in [5.41, 5.74) is 16.0. The molecule has 0 rings (SSSR count). The maximum Gasteiger partial charge on any atom is 0.322 e. The number of rotatable bonds is 7. The van der Waals surface area contributed by atoms with E-state index in [4.69, 9.17) is 21.9 Å². The summed E-state index contributed by atoms with van der Waals surface area (Å²) in [6.45, 7) is 1.20. The summed E-state index contributed by atoms with van der Waals surface area (Å²) >= 11 is 0. The lowest BCUT2D eigenvalue weighted by Gasteiger charge is -2.10. The van der Waals surface area contributed by atoms with Crippen molar-refractivity contribution in [3.63, 3.8) is 0 Å². The van der Waals surface area contributed by atoms with Crippen molar-refractivity contribution >= 4 is 5.97 Å². The Morgan fingerprint density at radius 1 is 1.23 bits per heavy atom. The molecule has 0 amide bonds. The lowest BCUT2D eigenvalue weighted by Crippen LogP contribution is -2.33. The first-order valence-electron chi connectivity index (χ1n) is 4.54. The second kappa shape index (κ2) is 7.97. The van der Waals surface area contributed by atoms with Gasteiger partial charge in [0.2, 0.25) is 0 Å². The third-order valence-corrected chi connectivity index (χ3v) is 1.63. The highest BCUT2D eigenvalue weighted by molar-refractivity contribution is 5.75. The van der Waals surface area contributed by atoms with Crippen LogP contribution in [0.3, 0.4) is 0 Å². The standard InChI is InChI=1S/C8H19N3O2/c9-4-2-1-3-7(11)8(12)13-6-5-10/h7H,1-6,9-11H2. The fraction of sp³-hybridized carbons (Fsp3) is 0.875. The lowest BCUT2D eigenvalue weighted by atomic mass is 10.1. The van der Waals surface area contributed by atoms with Gasteiger partial charge in [-0.05, 0) is 19.4 Å². The van der Waals surface area contributed by atoms with Crippen LogP contribution in [0.15, 0.2) is 0 Å². The third kappa shape index (κ3) is 6.51. The average Bonchev–Trinajstić information content (AvgIpc) is 2.14. The zero-order valence-electron chi connectivity index (χ0n) is 7.87. The van der Waals surface area contributed by atoms with E-state index in [1.165, 1.54) is 0 Å². The van der Waals surface area contributed by atoms with Crippen LogP contribution < -0.4 is 17.2 Å². The molecule has 0 aliphatic carbocycles. The van der Waals surface area contributed by atoms with Gasteiger partial charge in [0.1, 0.15) is 12.6 Å². The Hall–Kier alpha value is -0.650. The van der Waals surface area contributed by atoms with Crippen molar-refractivity contribution in [1.29, 1.82) is 0 Å². The van der Waals surface area contributed by atoms with Crippen molar-refractivity contribution in [1.82, 2.24) is 0 Å². The average molecular weight is 189 g/mol. The molecule has 0 aliphatic rings. The fourth-order valence-electron chi connectivity index (χ4n) is 0.893. The van der Waals surface area contributed by atoms with E-state index in [9.17, 15) is 4.79 Å². The van der Waals surface area contributed by atoms with Crippen molar-refractivity contribution in [2.75, 3.05) is 19.7 Å². The zero-order chi connectivity index (χ0) is 10.1. The summed E-state index contributed by atoms with van der Waals surface area (Å²) in [5, 5.41) is 0. The summed E-state index contributed by atoms with van der Waals surface area (Å²) in [5.74, 6) is -0.373. The monoisotopic (exact) mass is 189 g/mol. The minimum atomic E-state index is -0.530. The second-order valence-electron chi connectivity index (χ2n) is 2.85. The maximum atomic E-state index is 11.1.